The molecule has 0 fully saturated rings. The lowest BCUT2D eigenvalue weighted by atomic mass is 10.1. The van der Waals surface area contributed by atoms with Crippen molar-refractivity contribution in [3.05, 3.63) is 89.1 Å². The lowest BCUT2D eigenvalue weighted by Gasteiger charge is -2.07. The summed E-state index contributed by atoms with van der Waals surface area (Å²) in [5.74, 6) is 0.374. The summed E-state index contributed by atoms with van der Waals surface area (Å²) in [4.78, 5) is 0.253. The van der Waals surface area contributed by atoms with Gasteiger partial charge in [-0.2, -0.15) is 0 Å². The van der Waals surface area contributed by atoms with Crippen LogP contribution in [-0.4, -0.2) is 13.5 Å². The SMILES string of the molecule is O=S(=O)(c1ccc(O)cc1)c1c(Cc2ccc(Cl)cc2)oc2ccccc12. The van der Waals surface area contributed by atoms with E-state index in [-0.39, 0.29) is 15.5 Å². The van der Waals surface area contributed by atoms with Crippen molar-refractivity contribution in [1.29, 1.82) is 0 Å². The van der Waals surface area contributed by atoms with E-state index in [0.29, 0.717) is 28.2 Å². The quantitative estimate of drug-likeness (QED) is 0.512. The van der Waals surface area contributed by atoms with Gasteiger partial charge >= 0.3 is 0 Å². The number of phenolic OH excluding ortho intramolecular Hbond substituents is 1. The number of sulfone groups is 1. The zero-order valence-electron chi connectivity index (χ0n) is 14.1. The first-order valence-corrected chi connectivity index (χ1v) is 10.1. The molecular formula is C21H15ClO4S. The summed E-state index contributed by atoms with van der Waals surface area (Å²) in [6.07, 6.45) is 0.318. The molecule has 0 aliphatic carbocycles. The summed E-state index contributed by atoms with van der Waals surface area (Å²) in [7, 11) is -3.83. The van der Waals surface area contributed by atoms with Gasteiger partial charge in [-0.1, -0.05) is 35.9 Å². The highest BCUT2D eigenvalue weighted by molar-refractivity contribution is 7.91. The molecule has 0 bridgehead atoms. The number of benzene rings is 3. The fourth-order valence-corrected chi connectivity index (χ4v) is 4.74. The van der Waals surface area contributed by atoms with E-state index in [1.807, 2.05) is 12.1 Å². The molecule has 0 amide bonds. The molecule has 136 valence electrons. The van der Waals surface area contributed by atoms with Gasteiger partial charge in [0, 0.05) is 16.8 Å². The number of hydrogen-bond acceptors (Lipinski definition) is 4. The van der Waals surface area contributed by atoms with Crippen molar-refractivity contribution in [2.45, 2.75) is 16.2 Å². The Morgan fingerprint density at radius 3 is 2.26 bits per heavy atom. The Morgan fingerprint density at radius 2 is 1.56 bits per heavy atom. The van der Waals surface area contributed by atoms with Crippen molar-refractivity contribution in [2.75, 3.05) is 0 Å². The second-order valence-electron chi connectivity index (χ2n) is 6.15. The van der Waals surface area contributed by atoms with E-state index in [9.17, 15) is 13.5 Å². The number of furan rings is 1. The van der Waals surface area contributed by atoms with Gasteiger partial charge in [-0.15, -0.1) is 0 Å². The number of phenols is 1. The zero-order valence-corrected chi connectivity index (χ0v) is 15.7. The predicted molar refractivity (Wildman–Crippen MR) is 104 cm³/mol. The van der Waals surface area contributed by atoms with Crippen LogP contribution in [0, 0.1) is 0 Å². The van der Waals surface area contributed by atoms with Crippen LogP contribution in [0.1, 0.15) is 11.3 Å². The van der Waals surface area contributed by atoms with Gasteiger partial charge < -0.3 is 9.52 Å². The zero-order chi connectivity index (χ0) is 19.0. The molecule has 0 atom stereocenters. The summed E-state index contributed by atoms with van der Waals surface area (Å²) in [5, 5.41) is 10.6. The molecular weight excluding hydrogens is 384 g/mol. The Balaban J connectivity index is 1.90. The van der Waals surface area contributed by atoms with Crippen molar-refractivity contribution in [1.82, 2.24) is 0 Å². The maximum atomic E-state index is 13.3. The van der Waals surface area contributed by atoms with Crippen LogP contribution in [0.4, 0.5) is 0 Å². The van der Waals surface area contributed by atoms with Crippen LogP contribution >= 0.6 is 11.6 Å². The molecule has 4 aromatic rings. The third-order valence-corrected chi connectivity index (χ3v) is 6.44. The fourth-order valence-electron chi connectivity index (χ4n) is 3.01. The molecule has 27 heavy (non-hydrogen) atoms. The summed E-state index contributed by atoms with van der Waals surface area (Å²) >= 11 is 5.94. The van der Waals surface area contributed by atoms with E-state index in [1.165, 1.54) is 24.3 Å². The molecule has 0 aliphatic heterocycles. The van der Waals surface area contributed by atoms with Crippen molar-refractivity contribution in [3.63, 3.8) is 0 Å². The maximum Gasteiger partial charge on any atom is 0.210 e. The second-order valence-corrected chi connectivity index (χ2v) is 8.47. The number of rotatable bonds is 4. The Kier molecular flexibility index (Phi) is 4.42. The minimum absolute atomic E-state index is 0.00684. The molecule has 1 heterocycles. The molecule has 0 saturated carbocycles. The number of halogens is 1. The topological polar surface area (TPSA) is 67.5 Å². The van der Waals surface area contributed by atoms with Crippen LogP contribution in [-0.2, 0) is 16.3 Å². The van der Waals surface area contributed by atoms with Gasteiger partial charge in [0.2, 0.25) is 9.84 Å². The van der Waals surface area contributed by atoms with Crippen LogP contribution in [0.5, 0.6) is 5.75 Å². The highest BCUT2D eigenvalue weighted by Gasteiger charge is 2.28. The summed E-state index contributed by atoms with van der Waals surface area (Å²) in [6, 6.07) is 19.7. The summed E-state index contributed by atoms with van der Waals surface area (Å²) in [5.41, 5.74) is 1.40. The summed E-state index contributed by atoms with van der Waals surface area (Å²) < 4.78 is 32.5. The monoisotopic (exact) mass is 398 g/mol. The van der Waals surface area contributed by atoms with Gasteiger partial charge in [0.1, 0.15) is 22.0 Å². The first-order valence-electron chi connectivity index (χ1n) is 8.24. The van der Waals surface area contributed by atoms with E-state index >= 15 is 0 Å². The average molecular weight is 399 g/mol. The molecule has 3 aromatic carbocycles. The highest BCUT2D eigenvalue weighted by atomic mass is 35.5. The number of para-hydroxylation sites is 1. The van der Waals surface area contributed by atoms with Crippen LogP contribution in [0.3, 0.4) is 0 Å². The Labute approximate surface area is 161 Å². The first-order chi connectivity index (χ1) is 12.9. The Morgan fingerprint density at radius 1 is 0.889 bits per heavy atom. The maximum absolute atomic E-state index is 13.3. The minimum atomic E-state index is -3.83. The highest BCUT2D eigenvalue weighted by Crippen LogP contribution is 2.35. The van der Waals surface area contributed by atoms with Crippen LogP contribution in [0.15, 0.2) is 87.0 Å². The largest absolute Gasteiger partial charge is 0.508 e. The second kappa shape index (κ2) is 6.76. The van der Waals surface area contributed by atoms with Gasteiger partial charge in [0.05, 0.1) is 4.90 Å². The number of hydrogen-bond donors (Lipinski definition) is 1. The average Bonchev–Trinajstić information content (AvgIpc) is 3.02. The first kappa shape index (κ1) is 17.6. The van der Waals surface area contributed by atoms with E-state index in [4.69, 9.17) is 16.0 Å². The van der Waals surface area contributed by atoms with E-state index in [2.05, 4.69) is 0 Å². The summed E-state index contributed by atoms with van der Waals surface area (Å²) in [6.45, 7) is 0. The third kappa shape index (κ3) is 3.31. The molecule has 1 aromatic heterocycles. The molecule has 0 spiro atoms. The predicted octanol–water partition coefficient (Wildman–Crippen LogP) is 5.22. The molecule has 6 heteroatoms. The molecule has 1 N–H and O–H groups in total. The number of aromatic hydroxyl groups is 1. The van der Waals surface area contributed by atoms with Gasteiger partial charge in [-0.25, -0.2) is 8.42 Å². The molecule has 4 rings (SSSR count). The van der Waals surface area contributed by atoms with E-state index in [1.54, 1.807) is 36.4 Å². The number of fused-ring (bicyclic) bond motifs is 1. The standard InChI is InChI=1S/C21H15ClO4S/c22-15-7-5-14(6-8-15)13-20-21(18-3-1-2-4-19(18)26-20)27(24,25)17-11-9-16(23)10-12-17/h1-12,23H,13H2. The van der Waals surface area contributed by atoms with Crippen LogP contribution < -0.4 is 0 Å². The van der Waals surface area contributed by atoms with Gasteiger partial charge in [0.25, 0.3) is 0 Å². The van der Waals surface area contributed by atoms with Crippen molar-refractivity contribution in [3.8, 4) is 5.75 Å². The molecule has 0 unspecified atom stereocenters. The Bertz CT molecular complexity index is 1210. The molecule has 0 radical (unpaired) electrons. The van der Waals surface area contributed by atoms with Crippen molar-refractivity contribution < 1.29 is 17.9 Å². The molecule has 4 nitrogen and oxygen atoms in total. The van der Waals surface area contributed by atoms with Gasteiger partial charge in [-0.05, 0) is 54.1 Å². The van der Waals surface area contributed by atoms with Crippen molar-refractivity contribution in [2.24, 2.45) is 0 Å². The van der Waals surface area contributed by atoms with Gasteiger partial charge in [0.15, 0.2) is 0 Å². The smallest absolute Gasteiger partial charge is 0.210 e. The fraction of sp³-hybridized carbons (Fsp3) is 0.0476. The Hall–Kier alpha value is -2.76. The normalized spacial score (nSPS) is 11.7. The molecule has 0 aliphatic rings. The third-order valence-electron chi connectivity index (χ3n) is 4.31. The van der Waals surface area contributed by atoms with Crippen molar-refractivity contribution >= 4 is 32.4 Å². The van der Waals surface area contributed by atoms with E-state index in [0.717, 1.165) is 5.56 Å². The lowest BCUT2D eigenvalue weighted by Crippen LogP contribution is -2.04. The molecule has 0 saturated heterocycles. The van der Waals surface area contributed by atoms with Crippen LogP contribution in [0.2, 0.25) is 5.02 Å². The minimum Gasteiger partial charge on any atom is -0.508 e. The van der Waals surface area contributed by atoms with E-state index < -0.39 is 9.84 Å². The lowest BCUT2D eigenvalue weighted by molar-refractivity contribution is 0.475. The van der Waals surface area contributed by atoms with Crippen LogP contribution in [0.25, 0.3) is 11.0 Å². The van der Waals surface area contributed by atoms with Gasteiger partial charge in [-0.3, -0.25) is 0 Å².